The van der Waals surface area contributed by atoms with E-state index < -0.39 is 0 Å². The maximum absolute atomic E-state index is 12.6. The number of anilines is 1. The molecule has 1 unspecified atom stereocenters. The minimum Gasteiger partial charge on any atom is -0.324 e. The van der Waals surface area contributed by atoms with Gasteiger partial charge < -0.3 is 5.32 Å². The van der Waals surface area contributed by atoms with Crippen molar-refractivity contribution in [1.29, 1.82) is 0 Å². The number of nitrogens with zero attached hydrogens (tertiary/aromatic N) is 2. The number of benzene rings is 1. The van der Waals surface area contributed by atoms with Crippen LogP contribution in [-0.4, -0.2) is 28.4 Å². The van der Waals surface area contributed by atoms with Crippen LogP contribution in [-0.2, 0) is 17.8 Å². The minimum atomic E-state index is -0.112. The highest BCUT2D eigenvalue weighted by molar-refractivity contribution is 5.96. The van der Waals surface area contributed by atoms with Gasteiger partial charge in [-0.1, -0.05) is 31.2 Å². The Labute approximate surface area is 131 Å². The highest BCUT2D eigenvalue weighted by Gasteiger charge is 2.28. The molecule has 114 valence electrons. The quantitative estimate of drug-likeness (QED) is 0.943. The molecule has 1 aromatic carbocycles. The fourth-order valence-electron chi connectivity index (χ4n) is 2.99. The van der Waals surface area contributed by atoms with Crippen LogP contribution < -0.4 is 5.32 Å². The number of hydrogen-bond acceptors (Lipinski definition) is 3. The van der Waals surface area contributed by atoms with Crippen molar-refractivity contribution in [2.75, 3.05) is 11.9 Å². The number of hydrogen-bond donors (Lipinski definition) is 1. The summed E-state index contributed by atoms with van der Waals surface area (Å²) in [5.74, 6) is 0.0859. The zero-order chi connectivity index (χ0) is 15.4. The molecule has 1 amide bonds. The molecule has 1 aliphatic heterocycles. The van der Waals surface area contributed by atoms with Gasteiger partial charge in [-0.05, 0) is 43.1 Å². The predicted molar refractivity (Wildman–Crippen MR) is 87.5 cm³/mol. The van der Waals surface area contributed by atoms with Gasteiger partial charge in [-0.25, -0.2) is 0 Å². The van der Waals surface area contributed by atoms with E-state index in [1.54, 1.807) is 6.20 Å². The molecule has 0 saturated carbocycles. The first-order valence-electron chi connectivity index (χ1n) is 7.80. The van der Waals surface area contributed by atoms with Gasteiger partial charge in [0.2, 0.25) is 5.91 Å². The van der Waals surface area contributed by atoms with Crippen LogP contribution in [0.2, 0.25) is 0 Å². The van der Waals surface area contributed by atoms with Gasteiger partial charge in [0.15, 0.2) is 0 Å². The van der Waals surface area contributed by atoms with Crippen LogP contribution in [0.15, 0.2) is 48.7 Å². The van der Waals surface area contributed by atoms with Crippen molar-refractivity contribution < 1.29 is 4.79 Å². The molecule has 2 heterocycles. The molecule has 0 radical (unpaired) electrons. The molecule has 3 rings (SSSR count). The number of fused-ring (bicyclic) bond motifs is 1. The average Bonchev–Trinajstić information content (AvgIpc) is 2.72. The fraction of sp³-hybridized carbons (Fsp3) is 0.333. The highest BCUT2D eigenvalue weighted by atomic mass is 16.2. The number of rotatable bonds is 4. The summed E-state index contributed by atoms with van der Waals surface area (Å²) in [5.41, 5.74) is 3.16. The van der Waals surface area contributed by atoms with Crippen molar-refractivity contribution in [3.05, 3.63) is 59.9 Å². The van der Waals surface area contributed by atoms with Crippen LogP contribution in [0.3, 0.4) is 0 Å². The molecule has 0 saturated heterocycles. The monoisotopic (exact) mass is 295 g/mol. The van der Waals surface area contributed by atoms with Gasteiger partial charge in [-0.15, -0.1) is 0 Å². The molecule has 1 N–H and O–H groups in total. The predicted octanol–water partition coefficient (Wildman–Crippen LogP) is 2.86. The Hall–Kier alpha value is -2.20. The van der Waals surface area contributed by atoms with Gasteiger partial charge in [0, 0.05) is 18.4 Å². The molecule has 1 aromatic heterocycles. The lowest BCUT2D eigenvalue weighted by atomic mass is 10.0. The van der Waals surface area contributed by atoms with Gasteiger partial charge in [0.1, 0.15) is 0 Å². The Bertz CT molecular complexity index is 642. The fourth-order valence-corrected chi connectivity index (χ4v) is 2.99. The summed E-state index contributed by atoms with van der Waals surface area (Å²) in [5, 5.41) is 3.07. The van der Waals surface area contributed by atoms with Crippen LogP contribution in [0.1, 0.15) is 24.6 Å². The topological polar surface area (TPSA) is 45.2 Å². The van der Waals surface area contributed by atoms with E-state index in [2.05, 4.69) is 28.2 Å². The number of carbonyl (C=O) groups is 1. The number of likely N-dealkylation sites (N-methyl/N-ethyl adjacent to an activating group) is 1. The summed E-state index contributed by atoms with van der Waals surface area (Å²) in [6.45, 7) is 3.62. The lowest BCUT2D eigenvalue weighted by molar-refractivity contribution is -0.121. The summed E-state index contributed by atoms with van der Waals surface area (Å²) in [6, 6.07) is 13.8. The Kier molecular flexibility index (Phi) is 4.49. The molecule has 0 bridgehead atoms. The molecule has 2 aromatic rings. The number of aryl methyl sites for hydroxylation is 1. The summed E-state index contributed by atoms with van der Waals surface area (Å²) < 4.78 is 0. The third-order valence-corrected chi connectivity index (χ3v) is 4.20. The van der Waals surface area contributed by atoms with Gasteiger partial charge in [-0.3, -0.25) is 14.7 Å². The molecule has 22 heavy (non-hydrogen) atoms. The first-order chi connectivity index (χ1) is 10.8. The van der Waals surface area contributed by atoms with Crippen molar-refractivity contribution in [1.82, 2.24) is 9.88 Å². The SMILES string of the molecule is CCN(Cc1ccccn1)C1CCc2ccccc2NC1=O. The molecule has 4 heteroatoms. The third kappa shape index (κ3) is 3.17. The Morgan fingerprint density at radius 2 is 2.05 bits per heavy atom. The van der Waals surface area contributed by atoms with Crippen molar-refractivity contribution in [2.45, 2.75) is 32.4 Å². The van der Waals surface area contributed by atoms with Gasteiger partial charge in [0.25, 0.3) is 0 Å². The molecule has 0 fully saturated rings. The smallest absolute Gasteiger partial charge is 0.241 e. The standard InChI is InChI=1S/C18H21N3O/c1-2-21(13-15-8-5-6-12-19-15)17-11-10-14-7-3-4-9-16(14)20-18(17)22/h3-9,12,17H,2,10-11,13H2,1H3,(H,20,22). The lowest BCUT2D eigenvalue weighted by Gasteiger charge is -2.28. The van der Waals surface area contributed by atoms with E-state index in [0.29, 0.717) is 6.54 Å². The Balaban J connectivity index is 1.77. The zero-order valence-corrected chi connectivity index (χ0v) is 12.8. The second kappa shape index (κ2) is 6.71. The van der Waals surface area contributed by atoms with Crippen LogP contribution in [0.25, 0.3) is 0 Å². The van der Waals surface area contributed by atoms with E-state index in [4.69, 9.17) is 0 Å². The first kappa shape index (κ1) is 14.7. The zero-order valence-electron chi connectivity index (χ0n) is 12.8. The van der Waals surface area contributed by atoms with E-state index in [-0.39, 0.29) is 11.9 Å². The maximum Gasteiger partial charge on any atom is 0.241 e. The summed E-state index contributed by atoms with van der Waals surface area (Å²) in [6.07, 6.45) is 3.55. The number of carbonyl (C=O) groups excluding carboxylic acids is 1. The molecule has 0 spiro atoms. The highest BCUT2D eigenvalue weighted by Crippen LogP contribution is 2.24. The van der Waals surface area contributed by atoms with Crippen molar-refractivity contribution in [3.8, 4) is 0 Å². The minimum absolute atomic E-state index is 0.0859. The van der Waals surface area contributed by atoms with E-state index in [1.807, 2.05) is 36.4 Å². The number of aromatic nitrogens is 1. The molecule has 1 atom stereocenters. The van der Waals surface area contributed by atoms with Crippen molar-refractivity contribution in [2.24, 2.45) is 0 Å². The second-order valence-electron chi connectivity index (χ2n) is 5.59. The van der Waals surface area contributed by atoms with E-state index in [9.17, 15) is 4.79 Å². The normalized spacial score (nSPS) is 17.7. The van der Waals surface area contributed by atoms with Crippen LogP contribution in [0.5, 0.6) is 0 Å². The first-order valence-corrected chi connectivity index (χ1v) is 7.80. The van der Waals surface area contributed by atoms with Crippen LogP contribution in [0.4, 0.5) is 5.69 Å². The van der Waals surface area contributed by atoms with Gasteiger partial charge >= 0.3 is 0 Å². The number of para-hydroxylation sites is 1. The van der Waals surface area contributed by atoms with E-state index in [1.165, 1.54) is 5.56 Å². The van der Waals surface area contributed by atoms with E-state index in [0.717, 1.165) is 30.8 Å². The molecule has 4 nitrogen and oxygen atoms in total. The summed E-state index contributed by atoms with van der Waals surface area (Å²) >= 11 is 0. The maximum atomic E-state index is 12.6. The third-order valence-electron chi connectivity index (χ3n) is 4.20. The molecule has 1 aliphatic rings. The number of nitrogens with one attached hydrogen (secondary N) is 1. The second-order valence-corrected chi connectivity index (χ2v) is 5.59. The number of amides is 1. The molecular formula is C18H21N3O. The molecular weight excluding hydrogens is 274 g/mol. The summed E-state index contributed by atoms with van der Waals surface area (Å²) in [4.78, 5) is 19.2. The number of pyridine rings is 1. The Morgan fingerprint density at radius 3 is 2.82 bits per heavy atom. The van der Waals surface area contributed by atoms with Crippen LogP contribution in [0, 0.1) is 0 Å². The molecule has 0 aliphatic carbocycles. The van der Waals surface area contributed by atoms with Gasteiger partial charge in [0.05, 0.1) is 11.7 Å². The largest absolute Gasteiger partial charge is 0.324 e. The Morgan fingerprint density at radius 1 is 1.23 bits per heavy atom. The van der Waals surface area contributed by atoms with Crippen LogP contribution >= 0.6 is 0 Å². The van der Waals surface area contributed by atoms with Gasteiger partial charge in [-0.2, -0.15) is 0 Å². The summed E-state index contributed by atoms with van der Waals surface area (Å²) in [7, 11) is 0. The average molecular weight is 295 g/mol. The lowest BCUT2D eigenvalue weighted by Crippen LogP contribution is -2.43. The van der Waals surface area contributed by atoms with Crippen molar-refractivity contribution >= 4 is 11.6 Å². The van der Waals surface area contributed by atoms with Crippen molar-refractivity contribution in [3.63, 3.8) is 0 Å². The van der Waals surface area contributed by atoms with E-state index >= 15 is 0 Å².